The van der Waals surface area contributed by atoms with Crippen molar-refractivity contribution in [2.75, 3.05) is 5.73 Å². The Bertz CT molecular complexity index is 317. The lowest BCUT2D eigenvalue weighted by atomic mass is 10.2. The maximum atomic E-state index is 13.0. The van der Waals surface area contributed by atoms with E-state index in [2.05, 4.69) is 4.98 Å². The van der Waals surface area contributed by atoms with Gasteiger partial charge in [-0.1, -0.05) is 0 Å². The molecule has 0 amide bonds. The molecule has 1 aromatic heterocycles. The molecule has 0 atom stereocenters. The van der Waals surface area contributed by atoms with Crippen molar-refractivity contribution in [3.8, 4) is 0 Å². The lowest BCUT2D eigenvalue weighted by Gasteiger charge is -2.06. The number of anilines is 1. The normalized spacial score (nSPS) is 10.8. The SMILES string of the molecule is Nc1c(CCl)cnc(C(F)F)c1F. The summed E-state index contributed by atoms with van der Waals surface area (Å²) in [6.45, 7) is 0. The molecule has 0 unspecified atom stereocenters. The van der Waals surface area contributed by atoms with Crippen LogP contribution in [0.1, 0.15) is 17.7 Å². The van der Waals surface area contributed by atoms with E-state index < -0.39 is 17.9 Å². The molecule has 0 aliphatic heterocycles. The van der Waals surface area contributed by atoms with Gasteiger partial charge in [-0.25, -0.2) is 13.2 Å². The molecule has 0 aliphatic carbocycles. The van der Waals surface area contributed by atoms with Gasteiger partial charge < -0.3 is 5.73 Å². The topological polar surface area (TPSA) is 38.9 Å². The number of aromatic nitrogens is 1. The summed E-state index contributed by atoms with van der Waals surface area (Å²) < 4.78 is 37.1. The zero-order valence-corrected chi connectivity index (χ0v) is 7.15. The molecule has 2 nitrogen and oxygen atoms in total. The molecule has 6 heteroatoms. The minimum atomic E-state index is -2.97. The van der Waals surface area contributed by atoms with Crippen molar-refractivity contribution in [1.82, 2.24) is 4.98 Å². The Morgan fingerprint density at radius 1 is 1.54 bits per heavy atom. The second kappa shape index (κ2) is 3.83. The number of rotatable bonds is 2. The fourth-order valence-electron chi connectivity index (χ4n) is 0.811. The monoisotopic (exact) mass is 210 g/mol. The molecule has 1 heterocycles. The Labute approximate surface area is 77.5 Å². The van der Waals surface area contributed by atoms with Crippen LogP contribution in [0.4, 0.5) is 18.9 Å². The first-order valence-electron chi connectivity index (χ1n) is 3.34. The first kappa shape index (κ1) is 10.1. The molecule has 0 fully saturated rings. The van der Waals surface area contributed by atoms with E-state index >= 15 is 0 Å². The number of hydrogen-bond acceptors (Lipinski definition) is 2. The molecule has 2 N–H and O–H groups in total. The van der Waals surface area contributed by atoms with Crippen LogP contribution in [0.2, 0.25) is 0 Å². The molecular weight excluding hydrogens is 205 g/mol. The summed E-state index contributed by atoms with van der Waals surface area (Å²) in [6.07, 6.45) is -1.92. The van der Waals surface area contributed by atoms with Crippen LogP contribution in [0, 0.1) is 5.82 Å². The van der Waals surface area contributed by atoms with Crippen molar-refractivity contribution in [3.05, 3.63) is 23.3 Å². The average Bonchev–Trinajstić information content (AvgIpc) is 2.09. The van der Waals surface area contributed by atoms with Crippen LogP contribution in [0.15, 0.2) is 6.20 Å². The van der Waals surface area contributed by atoms with Gasteiger partial charge in [0.15, 0.2) is 5.82 Å². The Morgan fingerprint density at radius 3 is 2.62 bits per heavy atom. The zero-order valence-electron chi connectivity index (χ0n) is 6.40. The van der Waals surface area contributed by atoms with Crippen molar-refractivity contribution in [1.29, 1.82) is 0 Å². The summed E-state index contributed by atoms with van der Waals surface area (Å²) in [6, 6.07) is 0. The minimum Gasteiger partial charge on any atom is -0.396 e. The van der Waals surface area contributed by atoms with Gasteiger partial charge in [0.25, 0.3) is 6.43 Å². The highest BCUT2D eigenvalue weighted by molar-refractivity contribution is 6.17. The Morgan fingerprint density at radius 2 is 2.15 bits per heavy atom. The number of nitrogens with two attached hydrogens (primary N) is 1. The molecule has 1 aromatic rings. The zero-order chi connectivity index (χ0) is 10.0. The Hall–Kier alpha value is -0.970. The highest BCUT2D eigenvalue weighted by atomic mass is 35.5. The lowest BCUT2D eigenvalue weighted by molar-refractivity contribution is 0.140. The fraction of sp³-hybridized carbons (Fsp3) is 0.286. The average molecular weight is 211 g/mol. The summed E-state index contributed by atoms with van der Waals surface area (Å²) >= 11 is 5.36. The van der Waals surface area contributed by atoms with Crippen LogP contribution in [0.5, 0.6) is 0 Å². The standard InChI is InChI=1S/C7H6ClF3N2/c8-1-3-2-13-6(7(10)11)4(9)5(3)12/h2,7H,1H2,(H2,12,13). The van der Waals surface area contributed by atoms with Crippen LogP contribution in [-0.2, 0) is 5.88 Å². The van der Waals surface area contributed by atoms with Crippen LogP contribution in [0.3, 0.4) is 0 Å². The molecule has 0 saturated carbocycles. The number of pyridine rings is 1. The smallest absolute Gasteiger partial charge is 0.283 e. The predicted octanol–water partition coefficient (Wildman–Crippen LogP) is 2.48. The Balaban J connectivity index is 3.23. The third kappa shape index (κ3) is 1.85. The van der Waals surface area contributed by atoms with Crippen molar-refractivity contribution in [2.45, 2.75) is 12.3 Å². The number of hydrogen-bond donors (Lipinski definition) is 1. The molecule has 13 heavy (non-hydrogen) atoms. The molecule has 0 bridgehead atoms. The van der Waals surface area contributed by atoms with Crippen LogP contribution < -0.4 is 5.73 Å². The molecule has 0 aromatic carbocycles. The van der Waals surface area contributed by atoms with Gasteiger partial charge in [-0.3, -0.25) is 4.98 Å². The molecule has 72 valence electrons. The second-order valence-electron chi connectivity index (χ2n) is 2.33. The summed E-state index contributed by atoms with van der Waals surface area (Å²) in [5, 5.41) is 0. The van der Waals surface area contributed by atoms with Gasteiger partial charge >= 0.3 is 0 Å². The summed E-state index contributed by atoms with van der Waals surface area (Å²) in [5.41, 5.74) is 4.11. The van der Waals surface area contributed by atoms with Crippen LogP contribution >= 0.6 is 11.6 Å². The van der Waals surface area contributed by atoms with Crippen LogP contribution in [0.25, 0.3) is 0 Å². The molecule has 1 rings (SSSR count). The van der Waals surface area contributed by atoms with Gasteiger partial charge in [0.1, 0.15) is 5.69 Å². The van der Waals surface area contributed by atoms with E-state index in [-0.39, 0.29) is 17.1 Å². The van der Waals surface area contributed by atoms with Crippen molar-refractivity contribution >= 4 is 17.3 Å². The van der Waals surface area contributed by atoms with Gasteiger partial charge in [-0.05, 0) is 0 Å². The van der Waals surface area contributed by atoms with Crippen LogP contribution in [-0.4, -0.2) is 4.98 Å². The van der Waals surface area contributed by atoms with E-state index in [1.807, 2.05) is 0 Å². The molecule has 0 radical (unpaired) electrons. The van der Waals surface area contributed by atoms with E-state index in [4.69, 9.17) is 17.3 Å². The quantitative estimate of drug-likeness (QED) is 0.762. The number of alkyl halides is 3. The van der Waals surface area contributed by atoms with E-state index in [0.29, 0.717) is 0 Å². The van der Waals surface area contributed by atoms with Gasteiger partial charge in [-0.2, -0.15) is 0 Å². The van der Waals surface area contributed by atoms with E-state index in [1.165, 1.54) is 0 Å². The van der Waals surface area contributed by atoms with Gasteiger partial charge in [0.05, 0.1) is 11.6 Å². The first-order chi connectivity index (χ1) is 6.07. The van der Waals surface area contributed by atoms with Crippen molar-refractivity contribution in [3.63, 3.8) is 0 Å². The van der Waals surface area contributed by atoms with Crippen molar-refractivity contribution in [2.24, 2.45) is 0 Å². The molecule has 0 saturated heterocycles. The highest BCUT2D eigenvalue weighted by Gasteiger charge is 2.18. The molecular formula is C7H6ClF3N2. The molecule has 0 aliphatic rings. The van der Waals surface area contributed by atoms with E-state index in [9.17, 15) is 13.2 Å². The number of halogens is 4. The summed E-state index contributed by atoms with van der Waals surface area (Å²) in [4.78, 5) is 3.22. The summed E-state index contributed by atoms with van der Waals surface area (Å²) in [5.74, 6) is -1.24. The highest BCUT2D eigenvalue weighted by Crippen LogP contribution is 2.26. The predicted molar refractivity (Wildman–Crippen MR) is 43.1 cm³/mol. The van der Waals surface area contributed by atoms with Gasteiger partial charge in [0, 0.05) is 11.8 Å². The Kier molecular flexibility index (Phi) is 2.98. The second-order valence-corrected chi connectivity index (χ2v) is 2.60. The number of nitrogen functional groups attached to an aromatic ring is 1. The largest absolute Gasteiger partial charge is 0.396 e. The van der Waals surface area contributed by atoms with Crippen molar-refractivity contribution < 1.29 is 13.2 Å². The van der Waals surface area contributed by atoms with E-state index in [0.717, 1.165) is 6.20 Å². The van der Waals surface area contributed by atoms with Gasteiger partial charge in [-0.15, -0.1) is 11.6 Å². The maximum Gasteiger partial charge on any atom is 0.283 e. The third-order valence-corrected chi connectivity index (χ3v) is 1.81. The first-order valence-corrected chi connectivity index (χ1v) is 3.88. The lowest BCUT2D eigenvalue weighted by Crippen LogP contribution is -2.04. The fourth-order valence-corrected chi connectivity index (χ4v) is 1.02. The third-order valence-electron chi connectivity index (χ3n) is 1.52. The minimum absolute atomic E-state index is 0.0563. The van der Waals surface area contributed by atoms with Gasteiger partial charge in [0.2, 0.25) is 0 Å². The van der Waals surface area contributed by atoms with E-state index in [1.54, 1.807) is 0 Å². The number of nitrogens with zero attached hydrogens (tertiary/aromatic N) is 1. The summed E-state index contributed by atoms with van der Waals surface area (Å²) in [7, 11) is 0. The maximum absolute atomic E-state index is 13.0. The molecule has 0 spiro atoms.